The van der Waals surface area contributed by atoms with Crippen molar-refractivity contribution in [3.05, 3.63) is 11.6 Å². The van der Waals surface area contributed by atoms with Crippen molar-refractivity contribution in [2.24, 2.45) is 0 Å². The van der Waals surface area contributed by atoms with E-state index in [9.17, 15) is 9.90 Å². The second kappa shape index (κ2) is 6.64. The molecule has 0 bridgehead atoms. The van der Waals surface area contributed by atoms with Gasteiger partial charge in [-0.25, -0.2) is 4.79 Å². The van der Waals surface area contributed by atoms with Crippen LogP contribution in [0.2, 0.25) is 0 Å². The zero-order valence-electron chi connectivity index (χ0n) is 13.0. The molecule has 3 N–H and O–H groups in total. The van der Waals surface area contributed by atoms with Gasteiger partial charge < -0.3 is 20.3 Å². The fourth-order valence-electron chi connectivity index (χ4n) is 3.09. The maximum absolute atomic E-state index is 11.7. The van der Waals surface area contributed by atoms with Gasteiger partial charge in [-0.2, -0.15) is 0 Å². The average molecular weight is 307 g/mol. The van der Waals surface area contributed by atoms with Gasteiger partial charge in [-0.05, 0) is 32.1 Å². The van der Waals surface area contributed by atoms with Crippen molar-refractivity contribution in [1.29, 1.82) is 0 Å². The normalized spacial score (nSPS) is 19.7. The quantitative estimate of drug-likeness (QED) is 0.749. The van der Waals surface area contributed by atoms with Crippen molar-refractivity contribution >= 4 is 6.03 Å². The second-order valence-electron chi connectivity index (χ2n) is 6.43. The molecule has 0 aromatic carbocycles. The molecule has 1 aliphatic carbocycles. The minimum absolute atomic E-state index is 0.226. The Balaban J connectivity index is 1.41. The highest BCUT2D eigenvalue weighted by Crippen LogP contribution is 2.30. The summed E-state index contributed by atoms with van der Waals surface area (Å²) in [5, 5.41) is 24.0. The molecule has 3 rings (SSSR count). The van der Waals surface area contributed by atoms with Crippen LogP contribution in [0, 0.1) is 0 Å². The summed E-state index contributed by atoms with van der Waals surface area (Å²) in [6.45, 7) is 1.85. The second-order valence-corrected chi connectivity index (χ2v) is 6.43. The van der Waals surface area contributed by atoms with Gasteiger partial charge in [0.1, 0.15) is 11.6 Å². The van der Waals surface area contributed by atoms with Crippen LogP contribution < -0.4 is 10.6 Å². The molecule has 0 atom stereocenters. The molecule has 1 fully saturated rings. The molecule has 0 radical (unpaired) electrons. The SMILES string of the molecule is O=C(NCCc1nnc2n1CCCCC2)NCC1(O)CCC1. The number of amides is 2. The van der Waals surface area contributed by atoms with Gasteiger partial charge in [0.15, 0.2) is 0 Å². The Kier molecular flexibility index (Phi) is 4.61. The first-order chi connectivity index (χ1) is 10.7. The smallest absolute Gasteiger partial charge is 0.314 e. The lowest BCUT2D eigenvalue weighted by atomic mass is 9.80. The maximum Gasteiger partial charge on any atom is 0.314 e. The molecule has 22 heavy (non-hydrogen) atoms. The van der Waals surface area contributed by atoms with Gasteiger partial charge in [-0.1, -0.05) is 6.42 Å². The van der Waals surface area contributed by atoms with E-state index in [0.717, 1.165) is 43.9 Å². The van der Waals surface area contributed by atoms with Crippen molar-refractivity contribution in [2.45, 2.75) is 63.5 Å². The number of hydrogen-bond donors (Lipinski definition) is 3. The first-order valence-corrected chi connectivity index (χ1v) is 8.31. The monoisotopic (exact) mass is 307 g/mol. The van der Waals surface area contributed by atoms with E-state index in [2.05, 4.69) is 25.4 Å². The molecule has 122 valence electrons. The first kappa shape index (κ1) is 15.3. The van der Waals surface area contributed by atoms with Crippen LogP contribution in [0.4, 0.5) is 4.79 Å². The molecule has 1 aliphatic heterocycles. The number of nitrogens with zero attached hydrogens (tertiary/aromatic N) is 3. The third-order valence-electron chi connectivity index (χ3n) is 4.68. The molecule has 7 nitrogen and oxygen atoms in total. The van der Waals surface area contributed by atoms with Gasteiger partial charge in [-0.3, -0.25) is 0 Å². The van der Waals surface area contributed by atoms with Gasteiger partial charge in [0.25, 0.3) is 0 Å². The highest BCUT2D eigenvalue weighted by Gasteiger charge is 2.34. The maximum atomic E-state index is 11.7. The van der Waals surface area contributed by atoms with Crippen LogP contribution in [0.15, 0.2) is 0 Å². The number of fused-ring (bicyclic) bond motifs is 1. The zero-order chi connectivity index (χ0) is 15.4. The van der Waals surface area contributed by atoms with Crippen LogP contribution >= 0.6 is 0 Å². The van der Waals surface area contributed by atoms with Crippen LogP contribution in [0.5, 0.6) is 0 Å². The molecule has 0 unspecified atom stereocenters. The van der Waals surface area contributed by atoms with Gasteiger partial charge in [0.2, 0.25) is 0 Å². The van der Waals surface area contributed by atoms with Gasteiger partial charge in [0.05, 0.1) is 5.60 Å². The van der Waals surface area contributed by atoms with E-state index in [1.54, 1.807) is 0 Å². The third-order valence-corrected chi connectivity index (χ3v) is 4.68. The Morgan fingerprint density at radius 2 is 2.05 bits per heavy atom. The van der Waals surface area contributed by atoms with Crippen LogP contribution in [-0.4, -0.2) is 44.6 Å². The lowest BCUT2D eigenvalue weighted by molar-refractivity contribution is -0.0290. The number of hydrogen-bond acceptors (Lipinski definition) is 4. The summed E-state index contributed by atoms with van der Waals surface area (Å²) in [7, 11) is 0. The molecule has 1 saturated carbocycles. The van der Waals surface area contributed by atoms with E-state index in [-0.39, 0.29) is 6.03 Å². The number of urea groups is 1. The molecular weight excluding hydrogens is 282 g/mol. The predicted octanol–water partition coefficient (Wildman–Crippen LogP) is 0.761. The Bertz CT molecular complexity index is 524. The van der Waals surface area contributed by atoms with Crippen molar-refractivity contribution in [2.75, 3.05) is 13.1 Å². The van der Waals surface area contributed by atoms with E-state index in [4.69, 9.17) is 0 Å². The number of rotatable bonds is 5. The molecule has 2 amide bonds. The number of carbonyl (C=O) groups excluding carboxylic acids is 1. The molecule has 2 aliphatic rings. The predicted molar refractivity (Wildman–Crippen MR) is 81.5 cm³/mol. The molecule has 1 aromatic rings. The van der Waals surface area contributed by atoms with E-state index < -0.39 is 5.60 Å². The minimum Gasteiger partial charge on any atom is -0.388 e. The van der Waals surface area contributed by atoms with Crippen LogP contribution in [0.1, 0.15) is 50.2 Å². The number of carbonyl (C=O) groups is 1. The molecular formula is C15H25N5O2. The molecule has 0 spiro atoms. The first-order valence-electron chi connectivity index (χ1n) is 8.31. The Labute approximate surface area is 130 Å². The summed E-state index contributed by atoms with van der Waals surface area (Å²) in [6, 6.07) is -0.226. The lowest BCUT2D eigenvalue weighted by Gasteiger charge is -2.36. The van der Waals surface area contributed by atoms with Crippen LogP contribution in [0.25, 0.3) is 0 Å². The minimum atomic E-state index is -0.679. The third kappa shape index (κ3) is 3.58. The largest absolute Gasteiger partial charge is 0.388 e. The van der Waals surface area contributed by atoms with E-state index in [0.29, 0.717) is 19.5 Å². The summed E-state index contributed by atoms with van der Waals surface area (Å²) >= 11 is 0. The number of aromatic nitrogens is 3. The fourth-order valence-corrected chi connectivity index (χ4v) is 3.09. The highest BCUT2D eigenvalue weighted by molar-refractivity contribution is 5.73. The number of nitrogens with one attached hydrogen (secondary N) is 2. The van der Waals surface area contributed by atoms with Gasteiger partial charge in [0, 0.05) is 32.5 Å². The standard InChI is InChI=1S/C15H25N5O2/c21-14(17-11-15(22)7-4-8-15)16-9-6-13-19-18-12-5-2-1-3-10-20(12)13/h22H,1-11H2,(H2,16,17,21). The van der Waals surface area contributed by atoms with E-state index in [1.807, 2.05) is 0 Å². The van der Waals surface area contributed by atoms with Crippen molar-refractivity contribution < 1.29 is 9.90 Å². The number of aryl methyl sites for hydroxylation is 1. The topological polar surface area (TPSA) is 92.1 Å². The molecule has 2 heterocycles. The molecule has 7 heteroatoms. The Hall–Kier alpha value is -1.63. The van der Waals surface area contributed by atoms with Gasteiger partial charge >= 0.3 is 6.03 Å². The summed E-state index contributed by atoms with van der Waals surface area (Å²) in [6.07, 6.45) is 7.87. The summed E-state index contributed by atoms with van der Waals surface area (Å²) in [4.78, 5) is 11.7. The Morgan fingerprint density at radius 1 is 1.18 bits per heavy atom. The van der Waals surface area contributed by atoms with Gasteiger partial charge in [-0.15, -0.1) is 10.2 Å². The molecule has 1 aromatic heterocycles. The van der Waals surface area contributed by atoms with Crippen molar-refractivity contribution in [3.8, 4) is 0 Å². The summed E-state index contributed by atoms with van der Waals surface area (Å²) < 4.78 is 2.20. The fraction of sp³-hybridized carbons (Fsp3) is 0.800. The van der Waals surface area contributed by atoms with Crippen LogP contribution in [0.3, 0.4) is 0 Å². The summed E-state index contributed by atoms with van der Waals surface area (Å²) in [5.74, 6) is 2.03. The number of aliphatic hydroxyl groups is 1. The van der Waals surface area contributed by atoms with E-state index in [1.165, 1.54) is 19.3 Å². The average Bonchev–Trinajstić information content (AvgIpc) is 2.71. The Morgan fingerprint density at radius 3 is 2.82 bits per heavy atom. The zero-order valence-corrected chi connectivity index (χ0v) is 13.0. The van der Waals surface area contributed by atoms with Crippen molar-refractivity contribution in [3.63, 3.8) is 0 Å². The lowest BCUT2D eigenvalue weighted by Crippen LogP contribution is -2.50. The highest BCUT2D eigenvalue weighted by atomic mass is 16.3. The summed E-state index contributed by atoms with van der Waals surface area (Å²) in [5.41, 5.74) is -0.679. The van der Waals surface area contributed by atoms with Crippen molar-refractivity contribution in [1.82, 2.24) is 25.4 Å². The van der Waals surface area contributed by atoms with E-state index >= 15 is 0 Å². The van der Waals surface area contributed by atoms with Crippen LogP contribution in [-0.2, 0) is 19.4 Å². The molecule has 0 saturated heterocycles.